The van der Waals surface area contributed by atoms with Gasteiger partial charge in [0.25, 0.3) is 0 Å². The fraction of sp³-hybridized carbons (Fsp3) is 0.381. The van der Waals surface area contributed by atoms with Crippen LogP contribution in [0.5, 0.6) is 5.75 Å². The molecule has 0 amide bonds. The van der Waals surface area contributed by atoms with E-state index in [0.717, 1.165) is 29.7 Å². The van der Waals surface area contributed by atoms with E-state index in [-0.39, 0.29) is 29.7 Å². The molecule has 4 nitrogen and oxygen atoms in total. The molecule has 0 aliphatic heterocycles. The SMILES string of the molecule is COC(=O)[C@H]1CC[C@H](NCc2ccccc2OC)[C@@H]1c1ccc(F)cc1. The zero-order valence-electron chi connectivity index (χ0n) is 15.1. The largest absolute Gasteiger partial charge is 0.496 e. The zero-order valence-corrected chi connectivity index (χ0v) is 15.1. The third-order valence-corrected chi connectivity index (χ3v) is 5.16. The molecule has 0 radical (unpaired) electrons. The Labute approximate surface area is 153 Å². The minimum absolute atomic E-state index is 0.0437. The summed E-state index contributed by atoms with van der Waals surface area (Å²) in [4.78, 5) is 12.2. The van der Waals surface area contributed by atoms with Gasteiger partial charge in [0.2, 0.25) is 0 Å². The van der Waals surface area contributed by atoms with Gasteiger partial charge in [0.15, 0.2) is 0 Å². The maximum absolute atomic E-state index is 13.3. The molecule has 0 bridgehead atoms. The highest BCUT2D eigenvalue weighted by atomic mass is 19.1. The first-order valence-corrected chi connectivity index (χ1v) is 8.82. The number of para-hydroxylation sites is 1. The van der Waals surface area contributed by atoms with Crippen LogP contribution in [0.4, 0.5) is 4.39 Å². The standard InChI is InChI=1S/C21H24FNO3/c1-25-19-6-4-3-5-15(19)13-23-18-12-11-17(21(24)26-2)20(18)14-7-9-16(22)10-8-14/h3-10,17-18,20,23H,11-13H2,1-2H3/t17-,18-,20+/m0/s1. The second kappa shape index (κ2) is 8.32. The second-order valence-electron chi connectivity index (χ2n) is 6.58. The van der Waals surface area contributed by atoms with Crippen molar-refractivity contribution in [3.05, 3.63) is 65.5 Å². The van der Waals surface area contributed by atoms with Gasteiger partial charge in [-0.1, -0.05) is 30.3 Å². The van der Waals surface area contributed by atoms with E-state index >= 15 is 0 Å². The van der Waals surface area contributed by atoms with Crippen LogP contribution in [0.15, 0.2) is 48.5 Å². The van der Waals surface area contributed by atoms with Crippen LogP contribution < -0.4 is 10.1 Å². The lowest BCUT2D eigenvalue weighted by Crippen LogP contribution is -2.34. The summed E-state index contributed by atoms with van der Waals surface area (Å²) in [5.41, 5.74) is 2.02. The molecule has 0 aromatic heterocycles. The first-order chi connectivity index (χ1) is 12.6. The first kappa shape index (κ1) is 18.4. The molecule has 2 aromatic rings. The second-order valence-corrected chi connectivity index (χ2v) is 6.58. The van der Waals surface area contributed by atoms with E-state index in [1.54, 1.807) is 19.2 Å². The molecular formula is C21H24FNO3. The topological polar surface area (TPSA) is 47.6 Å². The molecule has 1 aliphatic carbocycles. The van der Waals surface area contributed by atoms with Crippen LogP contribution in [-0.4, -0.2) is 26.2 Å². The average molecular weight is 357 g/mol. The molecule has 1 aliphatic rings. The van der Waals surface area contributed by atoms with Gasteiger partial charge < -0.3 is 14.8 Å². The van der Waals surface area contributed by atoms with Crippen LogP contribution in [0.2, 0.25) is 0 Å². The molecular weight excluding hydrogens is 333 g/mol. The zero-order chi connectivity index (χ0) is 18.5. The van der Waals surface area contributed by atoms with Gasteiger partial charge in [0, 0.05) is 24.1 Å². The number of carbonyl (C=O) groups excluding carboxylic acids is 1. The summed E-state index contributed by atoms with van der Waals surface area (Å²) < 4.78 is 23.7. The molecule has 0 spiro atoms. The van der Waals surface area contributed by atoms with Crippen molar-refractivity contribution in [1.82, 2.24) is 5.32 Å². The van der Waals surface area contributed by atoms with Gasteiger partial charge in [-0.05, 0) is 36.6 Å². The lowest BCUT2D eigenvalue weighted by atomic mass is 9.86. The number of rotatable bonds is 6. The van der Waals surface area contributed by atoms with E-state index in [2.05, 4.69) is 5.32 Å². The summed E-state index contributed by atoms with van der Waals surface area (Å²) in [5.74, 6) is 0.0834. The van der Waals surface area contributed by atoms with Gasteiger partial charge >= 0.3 is 5.97 Å². The van der Waals surface area contributed by atoms with Gasteiger partial charge in [0.1, 0.15) is 11.6 Å². The summed E-state index contributed by atoms with van der Waals surface area (Å²) >= 11 is 0. The summed E-state index contributed by atoms with van der Waals surface area (Å²) in [7, 11) is 3.07. The summed E-state index contributed by atoms with van der Waals surface area (Å²) in [5, 5.41) is 3.56. The predicted molar refractivity (Wildman–Crippen MR) is 97.5 cm³/mol. The quantitative estimate of drug-likeness (QED) is 0.802. The van der Waals surface area contributed by atoms with Gasteiger partial charge in [-0.25, -0.2) is 4.39 Å². The maximum atomic E-state index is 13.3. The Morgan fingerprint density at radius 1 is 1.12 bits per heavy atom. The van der Waals surface area contributed by atoms with E-state index < -0.39 is 0 Å². The van der Waals surface area contributed by atoms with Crippen molar-refractivity contribution in [2.45, 2.75) is 31.3 Å². The molecule has 3 rings (SSSR count). The molecule has 2 aromatic carbocycles. The van der Waals surface area contributed by atoms with E-state index in [0.29, 0.717) is 6.54 Å². The Kier molecular flexibility index (Phi) is 5.89. The van der Waals surface area contributed by atoms with Crippen molar-refractivity contribution < 1.29 is 18.7 Å². The van der Waals surface area contributed by atoms with Crippen molar-refractivity contribution in [1.29, 1.82) is 0 Å². The van der Waals surface area contributed by atoms with Gasteiger partial charge in [-0.15, -0.1) is 0 Å². The first-order valence-electron chi connectivity index (χ1n) is 8.82. The average Bonchev–Trinajstić information content (AvgIpc) is 3.10. The normalized spacial score (nSPS) is 22.2. The minimum atomic E-state index is -0.278. The minimum Gasteiger partial charge on any atom is -0.496 e. The molecule has 0 saturated heterocycles. The number of nitrogens with one attached hydrogen (secondary N) is 1. The Balaban J connectivity index is 1.80. The Morgan fingerprint density at radius 3 is 2.54 bits per heavy atom. The number of hydrogen-bond donors (Lipinski definition) is 1. The van der Waals surface area contributed by atoms with E-state index in [4.69, 9.17) is 9.47 Å². The third-order valence-electron chi connectivity index (χ3n) is 5.16. The van der Waals surface area contributed by atoms with Crippen LogP contribution in [0, 0.1) is 11.7 Å². The summed E-state index contributed by atoms with van der Waals surface area (Å²) in [6, 6.07) is 14.4. The van der Waals surface area contributed by atoms with Gasteiger partial charge in [0.05, 0.1) is 20.1 Å². The fourth-order valence-corrected chi connectivity index (χ4v) is 3.88. The monoisotopic (exact) mass is 357 g/mol. The van der Waals surface area contributed by atoms with E-state index in [1.807, 2.05) is 24.3 Å². The van der Waals surface area contributed by atoms with E-state index in [9.17, 15) is 9.18 Å². The van der Waals surface area contributed by atoms with Crippen molar-refractivity contribution in [2.75, 3.05) is 14.2 Å². The molecule has 1 fully saturated rings. The highest BCUT2D eigenvalue weighted by Crippen LogP contribution is 2.41. The Morgan fingerprint density at radius 2 is 1.85 bits per heavy atom. The number of methoxy groups -OCH3 is 2. The Bertz CT molecular complexity index is 747. The van der Waals surface area contributed by atoms with E-state index in [1.165, 1.54) is 19.2 Å². The molecule has 3 atom stereocenters. The third kappa shape index (κ3) is 3.88. The molecule has 138 valence electrons. The fourth-order valence-electron chi connectivity index (χ4n) is 3.88. The molecule has 5 heteroatoms. The van der Waals surface area contributed by atoms with Crippen LogP contribution in [0.1, 0.15) is 29.9 Å². The van der Waals surface area contributed by atoms with Crippen LogP contribution in [0.3, 0.4) is 0 Å². The van der Waals surface area contributed by atoms with Crippen molar-refractivity contribution in [3.63, 3.8) is 0 Å². The number of benzene rings is 2. The number of ether oxygens (including phenoxy) is 2. The molecule has 1 N–H and O–H groups in total. The van der Waals surface area contributed by atoms with Crippen molar-refractivity contribution >= 4 is 5.97 Å². The highest BCUT2D eigenvalue weighted by Gasteiger charge is 2.41. The molecule has 26 heavy (non-hydrogen) atoms. The Hall–Kier alpha value is -2.40. The maximum Gasteiger partial charge on any atom is 0.309 e. The van der Waals surface area contributed by atoms with Crippen LogP contribution in [0.25, 0.3) is 0 Å². The predicted octanol–water partition coefficient (Wildman–Crippen LogP) is 3.66. The van der Waals surface area contributed by atoms with Gasteiger partial charge in [-0.2, -0.15) is 0 Å². The van der Waals surface area contributed by atoms with Crippen LogP contribution >= 0.6 is 0 Å². The lowest BCUT2D eigenvalue weighted by molar-refractivity contribution is -0.145. The number of halogens is 1. The smallest absolute Gasteiger partial charge is 0.309 e. The summed E-state index contributed by atoms with van der Waals surface area (Å²) in [6.45, 7) is 0.639. The van der Waals surface area contributed by atoms with Crippen LogP contribution in [-0.2, 0) is 16.1 Å². The van der Waals surface area contributed by atoms with Crippen molar-refractivity contribution in [3.8, 4) is 5.75 Å². The summed E-state index contributed by atoms with van der Waals surface area (Å²) in [6.07, 6.45) is 1.61. The van der Waals surface area contributed by atoms with Crippen molar-refractivity contribution in [2.24, 2.45) is 5.92 Å². The molecule has 0 unspecified atom stereocenters. The highest BCUT2D eigenvalue weighted by molar-refractivity contribution is 5.74. The number of esters is 1. The molecule has 0 heterocycles. The molecule has 1 saturated carbocycles. The van der Waals surface area contributed by atoms with Gasteiger partial charge in [-0.3, -0.25) is 4.79 Å². The number of hydrogen-bond acceptors (Lipinski definition) is 4. The lowest BCUT2D eigenvalue weighted by Gasteiger charge is -2.25. The number of carbonyl (C=O) groups is 1.